The van der Waals surface area contributed by atoms with Crippen LogP contribution in [-0.4, -0.2) is 76.5 Å². The molecule has 2 aromatic heterocycles. The molecule has 4 fully saturated rings. The molecule has 8 rings (SSSR count). The highest BCUT2D eigenvalue weighted by atomic mass is 19.1. The van der Waals surface area contributed by atoms with Crippen LogP contribution in [0.15, 0.2) is 30.5 Å². The van der Waals surface area contributed by atoms with Crippen molar-refractivity contribution < 1.29 is 23.4 Å². The van der Waals surface area contributed by atoms with Gasteiger partial charge in [0.15, 0.2) is 5.82 Å². The predicted octanol–water partition coefficient (Wildman–Crippen LogP) is 5.43. The molecular formula is C34H33F2N5O3. The lowest BCUT2D eigenvalue weighted by molar-refractivity contribution is 0.00862. The van der Waals surface area contributed by atoms with Gasteiger partial charge in [0.1, 0.15) is 28.6 Å². The molecule has 0 radical (unpaired) electrons. The Balaban J connectivity index is 1.28. The van der Waals surface area contributed by atoms with Crippen LogP contribution in [0.5, 0.6) is 11.8 Å². The average Bonchev–Trinajstić information content (AvgIpc) is 3.46. The van der Waals surface area contributed by atoms with E-state index in [1.165, 1.54) is 24.3 Å². The van der Waals surface area contributed by atoms with E-state index in [1.54, 1.807) is 6.20 Å². The summed E-state index contributed by atoms with van der Waals surface area (Å²) in [4.78, 5) is 18.6. The van der Waals surface area contributed by atoms with E-state index in [1.807, 2.05) is 0 Å². The van der Waals surface area contributed by atoms with Gasteiger partial charge in [0.05, 0.1) is 42.9 Å². The number of rotatable bonds is 5. The fourth-order valence-electron chi connectivity index (χ4n) is 8.29. The number of ether oxygens (including phenoxy) is 2. The molecule has 4 aromatic rings. The third-order valence-corrected chi connectivity index (χ3v) is 10.4. The van der Waals surface area contributed by atoms with Crippen molar-refractivity contribution in [1.29, 1.82) is 0 Å². The number of nitrogens with zero attached hydrogens (tertiary/aromatic N) is 5. The van der Waals surface area contributed by atoms with E-state index in [4.69, 9.17) is 20.9 Å². The topological polar surface area (TPSA) is 83.8 Å². The van der Waals surface area contributed by atoms with Gasteiger partial charge in [0.25, 0.3) is 0 Å². The minimum Gasteiger partial charge on any atom is -0.508 e. The second-order valence-corrected chi connectivity index (χ2v) is 12.8. The highest BCUT2D eigenvalue weighted by molar-refractivity contribution is 6.03. The van der Waals surface area contributed by atoms with Gasteiger partial charge in [-0.15, -0.1) is 6.42 Å². The number of halogens is 2. The molecule has 8 nitrogen and oxygen atoms in total. The summed E-state index contributed by atoms with van der Waals surface area (Å²) in [5.74, 6) is 1.52. The van der Waals surface area contributed by atoms with Crippen LogP contribution in [0.2, 0.25) is 0 Å². The number of aromatic hydroxyl groups is 1. The van der Waals surface area contributed by atoms with E-state index in [0.717, 1.165) is 45.1 Å². The van der Waals surface area contributed by atoms with Crippen LogP contribution in [0.25, 0.3) is 32.9 Å². The second-order valence-electron chi connectivity index (χ2n) is 12.8. The minimum absolute atomic E-state index is 0.0186. The number of likely N-dealkylation sites (tertiary alicyclic amines) is 1. The molecule has 1 N–H and O–H groups in total. The molecule has 2 bridgehead atoms. The lowest BCUT2D eigenvalue weighted by Crippen LogP contribution is -2.64. The third kappa shape index (κ3) is 4.13. The maximum atomic E-state index is 16.8. The Labute approximate surface area is 254 Å². The summed E-state index contributed by atoms with van der Waals surface area (Å²) in [6.07, 6.45) is 13.8. The number of fused-ring (bicyclic) bond motifs is 5. The van der Waals surface area contributed by atoms with Gasteiger partial charge in [-0.2, -0.15) is 9.97 Å². The summed E-state index contributed by atoms with van der Waals surface area (Å²) < 4.78 is 43.7. The SMILES string of the molecule is C#Cc1c(F)ccc2cc(O)cc(-c3ncc4c(N5C6COCC5C6)nc(OC[C@]56CCCC5N(C)CCC6)nc4c3F)c12. The monoisotopic (exact) mass is 597 g/mol. The van der Waals surface area contributed by atoms with E-state index < -0.39 is 11.6 Å². The van der Waals surface area contributed by atoms with Gasteiger partial charge < -0.3 is 24.4 Å². The van der Waals surface area contributed by atoms with Crippen LogP contribution in [0, 0.1) is 29.4 Å². The third-order valence-electron chi connectivity index (χ3n) is 10.4. The molecule has 226 valence electrons. The van der Waals surface area contributed by atoms with Gasteiger partial charge in [0.2, 0.25) is 0 Å². The van der Waals surface area contributed by atoms with Crippen molar-refractivity contribution in [2.75, 3.05) is 38.3 Å². The zero-order valence-electron chi connectivity index (χ0n) is 24.5. The smallest absolute Gasteiger partial charge is 0.319 e. The van der Waals surface area contributed by atoms with Crippen LogP contribution in [-0.2, 0) is 4.74 Å². The van der Waals surface area contributed by atoms with Gasteiger partial charge in [-0.25, -0.2) is 8.78 Å². The van der Waals surface area contributed by atoms with Crippen LogP contribution >= 0.6 is 0 Å². The van der Waals surface area contributed by atoms with Gasteiger partial charge in [0, 0.05) is 28.6 Å². The van der Waals surface area contributed by atoms with Crippen molar-refractivity contribution in [1.82, 2.24) is 19.9 Å². The Morgan fingerprint density at radius 1 is 1.16 bits per heavy atom. The Morgan fingerprint density at radius 2 is 1.98 bits per heavy atom. The average molecular weight is 598 g/mol. The molecular weight excluding hydrogens is 564 g/mol. The number of phenolic OH excluding ortho intramolecular Hbond substituents is 1. The van der Waals surface area contributed by atoms with Gasteiger partial charge in [-0.3, -0.25) is 4.98 Å². The first-order valence-corrected chi connectivity index (χ1v) is 15.3. The van der Waals surface area contributed by atoms with Crippen molar-refractivity contribution in [3.63, 3.8) is 0 Å². The summed E-state index contributed by atoms with van der Waals surface area (Å²) in [7, 11) is 2.19. The molecule has 5 heterocycles. The van der Waals surface area contributed by atoms with E-state index in [2.05, 4.69) is 32.7 Å². The quantitative estimate of drug-likeness (QED) is 0.305. The molecule has 3 unspecified atom stereocenters. The van der Waals surface area contributed by atoms with E-state index in [-0.39, 0.29) is 51.6 Å². The standard InChI is InChI=1S/C34H33F2N5O3/c1-3-23-26(35)8-7-19-12-22(42)14-24(28(19)23)30-29(36)31-25(15-37-30)32(41-20-13-21(41)17-43-16-20)39-33(38-31)44-18-34-9-4-6-27(34)40(2)11-5-10-34/h1,7-8,12,14-15,20-21,27,42H,4-6,9-11,13,16-18H2,2H3/t20?,21?,27?,34-/m1/s1. The number of morpholine rings is 1. The molecule has 44 heavy (non-hydrogen) atoms. The fourth-order valence-corrected chi connectivity index (χ4v) is 8.29. The molecule has 1 aliphatic carbocycles. The Bertz CT molecular complexity index is 1850. The van der Waals surface area contributed by atoms with Crippen molar-refractivity contribution in [3.05, 3.63) is 47.7 Å². The largest absolute Gasteiger partial charge is 0.508 e. The molecule has 4 aliphatic rings. The lowest BCUT2D eigenvalue weighted by atomic mass is 9.76. The lowest BCUT2D eigenvalue weighted by Gasteiger charge is -2.53. The summed E-state index contributed by atoms with van der Waals surface area (Å²) >= 11 is 0. The highest BCUT2D eigenvalue weighted by Gasteiger charge is 2.48. The van der Waals surface area contributed by atoms with Crippen LogP contribution < -0.4 is 9.64 Å². The first-order valence-electron chi connectivity index (χ1n) is 15.3. The number of phenols is 1. The number of hydrogen-bond donors (Lipinski definition) is 1. The highest BCUT2D eigenvalue weighted by Crippen LogP contribution is 2.48. The maximum absolute atomic E-state index is 16.8. The van der Waals surface area contributed by atoms with Crippen LogP contribution in [0.3, 0.4) is 0 Å². The number of anilines is 1. The number of hydrogen-bond acceptors (Lipinski definition) is 8. The summed E-state index contributed by atoms with van der Waals surface area (Å²) in [6.45, 7) is 2.68. The summed E-state index contributed by atoms with van der Waals surface area (Å²) in [6, 6.07) is 6.39. The summed E-state index contributed by atoms with van der Waals surface area (Å²) in [5.41, 5.74) is 0.137. The first-order chi connectivity index (χ1) is 21.4. The number of benzene rings is 2. The molecule has 0 amide bonds. The zero-order chi connectivity index (χ0) is 30.2. The van der Waals surface area contributed by atoms with Gasteiger partial charge in [-0.1, -0.05) is 18.4 Å². The molecule has 10 heteroatoms. The Kier molecular flexibility index (Phi) is 6.40. The van der Waals surface area contributed by atoms with Crippen LogP contribution in [0.1, 0.15) is 44.1 Å². The number of aromatic nitrogens is 3. The number of piperidine rings is 1. The first kappa shape index (κ1) is 27.5. The minimum atomic E-state index is -0.716. The summed E-state index contributed by atoms with van der Waals surface area (Å²) in [5, 5.41) is 11.7. The predicted molar refractivity (Wildman–Crippen MR) is 163 cm³/mol. The van der Waals surface area contributed by atoms with Crippen molar-refractivity contribution in [2.45, 2.75) is 56.7 Å². The van der Waals surface area contributed by atoms with Crippen molar-refractivity contribution in [3.8, 4) is 35.4 Å². The van der Waals surface area contributed by atoms with Crippen molar-refractivity contribution >= 4 is 27.5 Å². The molecule has 3 saturated heterocycles. The molecule has 0 spiro atoms. The van der Waals surface area contributed by atoms with E-state index in [0.29, 0.717) is 47.8 Å². The van der Waals surface area contributed by atoms with Crippen molar-refractivity contribution in [2.24, 2.45) is 5.41 Å². The second kappa shape index (κ2) is 10.2. The number of pyridine rings is 1. The normalized spacial score (nSPS) is 26.4. The zero-order valence-corrected chi connectivity index (χ0v) is 24.5. The van der Waals surface area contributed by atoms with Crippen LogP contribution in [0.4, 0.5) is 14.6 Å². The molecule has 2 aromatic carbocycles. The van der Waals surface area contributed by atoms with E-state index >= 15 is 4.39 Å². The van der Waals surface area contributed by atoms with E-state index in [9.17, 15) is 9.50 Å². The number of terminal acetylenes is 1. The van der Waals surface area contributed by atoms with Gasteiger partial charge >= 0.3 is 6.01 Å². The van der Waals surface area contributed by atoms with Gasteiger partial charge in [-0.05, 0) is 69.3 Å². The Hall–Kier alpha value is -4.07. The molecule has 4 atom stereocenters. The molecule has 3 aliphatic heterocycles. The fraction of sp³-hybridized carbons (Fsp3) is 0.441. The molecule has 1 saturated carbocycles. The Morgan fingerprint density at radius 3 is 2.77 bits per heavy atom. The maximum Gasteiger partial charge on any atom is 0.319 e.